The molecule has 0 aliphatic heterocycles. The lowest BCUT2D eigenvalue weighted by Crippen LogP contribution is -2.26. The van der Waals surface area contributed by atoms with Crippen LogP contribution in [0.3, 0.4) is 0 Å². The lowest BCUT2D eigenvalue weighted by Gasteiger charge is -2.29. The summed E-state index contributed by atoms with van der Waals surface area (Å²) in [5.74, 6) is 1.25. The lowest BCUT2D eigenvalue weighted by atomic mass is 9.71. The zero-order valence-corrected chi connectivity index (χ0v) is 8.59. The molecule has 0 N–H and O–H groups in total. The predicted molar refractivity (Wildman–Crippen MR) is 53.5 cm³/mol. The summed E-state index contributed by atoms with van der Waals surface area (Å²) in [6.07, 6.45) is 7.87. The minimum Gasteiger partial charge on any atom is -0.300 e. The first-order valence-electron chi connectivity index (χ1n) is 5.67. The van der Waals surface area contributed by atoms with E-state index in [1.54, 1.807) is 0 Å². The smallest absolute Gasteiger partial charge is 0.133 e. The second-order valence-electron chi connectivity index (χ2n) is 4.91. The Morgan fingerprint density at radius 2 is 2.00 bits per heavy atom. The summed E-state index contributed by atoms with van der Waals surface area (Å²) in [5.41, 5.74) is -0.142. The summed E-state index contributed by atoms with van der Waals surface area (Å²) in [7, 11) is 0. The standard InChI is InChI=1S/C12H17NO/c13-9-12(6-3-10-1-2-10)7-4-11(14)5-8-12/h10H,1-8H2. The topological polar surface area (TPSA) is 40.9 Å². The van der Waals surface area contributed by atoms with Crippen LogP contribution < -0.4 is 0 Å². The number of rotatable bonds is 3. The van der Waals surface area contributed by atoms with Crippen molar-refractivity contribution >= 4 is 5.78 Å². The first kappa shape index (κ1) is 9.71. The molecule has 0 atom stereocenters. The zero-order valence-electron chi connectivity index (χ0n) is 8.59. The van der Waals surface area contributed by atoms with Crippen molar-refractivity contribution in [1.29, 1.82) is 5.26 Å². The van der Waals surface area contributed by atoms with Crippen LogP contribution >= 0.6 is 0 Å². The van der Waals surface area contributed by atoms with Gasteiger partial charge in [0, 0.05) is 12.8 Å². The van der Waals surface area contributed by atoms with E-state index in [0.29, 0.717) is 18.6 Å². The molecule has 0 aromatic carbocycles. The summed E-state index contributed by atoms with van der Waals surface area (Å²) in [4.78, 5) is 11.1. The van der Waals surface area contributed by atoms with E-state index in [1.165, 1.54) is 19.3 Å². The molecule has 0 aromatic rings. The average molecular weight is 191 g/mol. The van der Waals surface area contributed by atoms with Gasteiger partial charge in [0.15, 0.2) is 0 Å². The van der Waals surface area contributed by atoms with Gasteiger partial charge in [-0.1, -0.05) is 12.8 Å². The fraction of sp³-hybridized carbons (Fsp3) is 0.833. The van der Waals surface area contributed by atoms with E-state index in [0.717, 1.165) is 25.2 Å². The van der Waals surface area contributed by atoms with Crippen molar-refractivity contribution in [3.63, 3.8) is 0 Å². The van der Waals surface area contributed by atoms with Crippen LogP contribution in [-0.4, -0.2) is 5.78 Å². The molecule has 0 bridgehead atoms. The summed E-state index contributed by atoms with van der Waals surface area (Å²) < 4.78 is 0. The van der Waals surface area contributed by atoms with E-state index in [9.17, 15) is 10.1 Å². The van der Waals surface area contributed by atoms with E-state index in [2.05, 4.69) is 6.07 Å². The van der Waals surface area contributed by atoms with E-state index < -0.39 is 0 Å². The minimum absolute atomic E-state index is 0.142. The summed E-state index contributed by atoms with van der Waals surface area (Å²) in [6, 6.07) is 2.47. The largest absolute Gasteiger partial charge is 0.300 e. The maximum atomic E-state index is 11.1. The normalized spacial score (nSPS) is 25.8. The Bertz CT molecular complexity index is 263. The van der Waals surface area contributed by atoms with Crippen LogP contribution in [0, 0.1) is 22.7 Å². The third kappa shape index (κ3) is 2.15. The SMILES string of the molecule is N#CC1(CCC2CC2)CCC(=O)CC1. The van der Waals surface area contributed by atoms with Gasteiger partial charge in [0.1, 0.15) is 5.78 Å². The number of carbonyl (C=O) groups excluding carboxylic acids is 1. The lowest BCUT2D eigenvalue weighted by molar-refractivity contribution is -0.121. The van der Waals surface area contributed by atoms with Crippen molar-refractivity contribution < 1.29 is 4.79 Å². The van der Waals surface area contributed by atoms with Crippen molar-refractivity contribution in [3.8, 4) is 6.07 Å². The number of carbonyl (C=O) groups is 1. The van der Waals surface area contributed by atoms with Gasteiger partial charge in [-0.15, -0.1) is 0 Å². The Morgan fingerprint density at radius 3 is 2.50 bits per heavy atom. The van der Waals surface area contributed by atoms with Gasteiger partial charge in [-0.25, -0.2) is 0 Å². The molecule has 0 saturated heterocycles. The Balaban J connectivity index is 1.88. The van der Waals surface area contributed by atoms with E-state index in [-0.39, 0.29) is 5.41 Å². The highest BCUT2D eigenvalue weighted by Crippen LogP contribution is 2.43. The van der Waals surface area contributed by atoms with Crippen LogP contribution in [-0.2, 0) is 4.79 Å². The first-order valence-corrected chi connectivity index (χ1v) is 5.67. The molecule has 0 amide bonds. The minimum atomic E-state index is -0.142. The predicted octanol–water partition coefficient (Wildman–Crippen LogP) is 2.83. The van der Waals surface area contributed by atoms with E-state index >= 15 is 0 Å². The second kappa shape index (κ2) is 3.73. The van der Waals surface area contributed by atoms with Crippen molar-refractivity contribution in [2.75, 3.05) is 0 Å². The van der Waals surface area contributed by atoms with E-state index in [4.69, 9.17) is 0 Å². The van der Waals surface area contributed by atoms with Gasteiger partial charge in [-0.05, 0) is 31.6 Å². The molecule has 0 unspecified atom stereocenters. The highest BCUT2D eigenvalue weighted by Gasteiger charge is 2.36. The third-order valence-electron chi connectivity index (χ3n) is 3.73. The Morgan fingerprint density at radius 1 is 1.36 bits per heavy atom. The molecule has 0 radical (unpaired) electrons. The molecule has 76 valence electrons. The Kier molecular flexibility index (Phi) is 2.58. The molecule has 0 spiro atoms. The van der Waals surface area contributed by atoms with Crippen LogP contribution in [0.15, 0.2) is 0 Å². The molecule has 0 heterocycles. The number of hydrogen-bond acceptors (Lipinski definition) is 2. The summed E-state index contributed by atoms with van der Waals surface area (Å²) >= 11 is 0. The zero-order chi connectivity index (χ0) is 10.0. The molecule has 2 aliphatic rings. The molecule has 2 saturated carbocycles. The molecule has 0 aromatic heterocycles. The van der Waals surface area contributed by atoms with Crippen LogP contribution in [0.1, 0.15) is 51.4 Å². The van der Waals surface area contributed by atoms with Gasteiger partial charge in [0.05, 0.1) is 11.5 Å². The van der Waals surface area contributed by atoms with Gasteiger partial charge in [0.2, 0.25) is 0 Å². The Labute approximate surface area is 85.3 Å². The highest BCUT2D eigenvalue weighted by atomic mass is 16.1. The maximum absolute atomic E-state index is 11.1. The molecule has 2 fully saturated rings. The molecular formula is C12H17NO. The van der Waals surface area contributed by atoms with Gasteiger partial charge < -0.3 is 0 Å². The number of hydrogen-bond donors (Lipinski definition) is 0. The van der Waals surface area contributed by atoms with Crippen LogP contribution in [0.5, 0.6) is 0 Å². The van der Waals surface area contributed by atoms with Crippen molar-refractivity contribution in [1.82, 2.24) is 0 Å². The maximum Gasteiger partial charge on any atom is 0.133 e. The van der Waals surface area contributed by atoms with Crippen LogP contribution in [0.25, 0.3) is 0 Å². The first-order chi connectivity index (χ1) is 6.74. The number of nitrogens with zero attached hydrogens (tertiary/aromatic N) is 1. The van der Waals surface area contributed by atoms with Gasteiger partial charge in [-0.2, -0.15) is 5.26 Å². The van der Waals surface area contributed by atoms with Gasteiger partial charge in [0.25, 0.3) is 0 Å². The third-order valence-corrected chi connectivity index (χ3v) is 3.73. The quantitative estimate of drug-likeness (QED) is 0.688. The molecule has 14 heavy (non-hydrogen) atoms. The molecular weight excluding hydrogens is 174 g/mol. The van der Waals surface area contributed by atoms with Crippen LogP contribution in [0.2, 0.25) is 0 Å². The van der Waals surface area contributed by atoms with Crippen molar-refractivity contribution in [2.45, 2.75) is 51.4 Å². The number of nitriles is 1. The van der Waals surface area contributed by atoms with Crippen LogP contribution in [0.4, 0.5) is 0 Å². The van der Waals surface area contributed by atoms with Crippen molar-refractivity contribution in [2.24, 2.45) is 11.3 Å². The molecule has 2 rings (SSSR count). The summed E-state index contributed by atoms with van der Waals surface area (Å²) in [6.45, 7) is 0. The Hall–Kier alpha value is -0.840. The second-order valence-corrected chi connectivity index (χ2v) is 4.91. The fourth-order valence-corrected chi connectivity index (χ4v) is 2.31. The number of ketones is 1. The fourth-order valence-electron chi connectivity index (χ4n) is 2.31. The molecule has 2 heteroatoms. The van der Waals surface area contributed by atoms with Gasteiger partial charge in [-0.3, -0.25) is 4.79 Å². The number of Topliss-reactive ketones (excluding diaryl/α,β-unsaturated/α-hetero) is 1. The monoisotopic (exact) mass is 191 g/mol. The van der Waals surface area contributed by atoms with E-state index in [1.807, 2.05) is 0 Å². The molecule has 2 aliphatic carbocycles. The highest BCUT2D eigenvalue weighted by molar-refractivity contribution is 5.79. The summed E-state index contributed by atoms with van der Waals surface area (Å²) in [5, 5.41) is 9.20. The average Bonchev–Trinajstić information content (AvgIpc) is 3.02. The van der Waals surface area contributed by atoms with Gasteiger partial charge >= 0.3 is 0 Å². The van der Waals surface area contributed by atoms with Crippen molar-refractivity contribution in [3.05, 3.63) is 0 Å². The molecule has 2 nitrogen and oxygen atoms in total.